The van der Waals surface area contributed by atoms with Crippen molar-refractivity contribution in [1.29, 1.82) is 0 Å². The maximum atomic E-state index is 13.3. The maximum absolute atomic E-state index is 13.3. The van der Waals surface area contributed by atoms with E-state index in [1.807, 2.05) is 56.3 Å². The molecule has 30 heavy (non-hydrogen) atoms. The van der Waals surface area contributed by atoms with Gasteiger partial charge in [-0.3, -0.25) is 4.79 Å². The molecule has 1 aliphatic heterocycles. The Morgan fingerprint density at radius 2 is 1.90 bits per heavy atom. The first-order chi connectivity index (χ1) is 14.6. The van der Waals surface area contributed by atoms with Crippen molar-refractivity contribution >= 4 is 39.1 Å². The number of tetrazole rings is 1. The molecule has 0 bridgehead atoms. The molecule has 2 aromatic heterocycles. The number of aliphatic imine (C=N–C) groups is 1. The molecule has 1 aliphatic rings. The molecule has 5 rings (SSSR count). The van der Waals surface area contributed by atoms with Gasteiger partial charge in [0.15, 0.2) is 0 Å². The van der Waals surface area contributed by atoms with Gasteiger partial charge in [0.2, 0.25) is 0 Å². The zero-order valence-electron chi connectivity index (χ0n) is 16.5. The number of aromatic nitrogens is 4. The Morgan fingerprint density at radius 3 is 2.70 bits per heavy atom. The second kappa shape index (κ2) is 7.46. The average Bonchev–Trinajstić information content (AvgIpc) is 3.39. The van der Waals surface area contributed by atoms with Crippen LogP contribution < -0.4 is 0 Å². The molecule has 0 radical (unpaired) electrons. The summed E-state index contributed by atoms with van der Waals surface area (Å²) in [6.45, 7) is 3.71. The Kier molecular flexibility index (Phi) is 4.63. The lowest BCUT2D eigenvalue weighted by Crippen LogP contribution is -2.37. The topological polar surface area (TPSA) is 82.3 Å². The number of benzene rings is 2. The molecule has 0 aliphatic carbocycles. The van der Waals surface area contributed by atoms with Gasteiger partial charge in [0.25, 0.3) is 5.95 Å². The van der Waals surface area contributed by atoms with Crippen LogP contribution in [0.25, 0.3) is 10.1 Å². The molecule has 2 aromatic carbocycles. The largest absolute Gasteiger partial charge is 0.457 e. The molecular weight excluding hydrogens is 398 g/mol. The Labute approximate surface area is 177 Å². The van der Waals surface area contributed by atoms with Crippen LogP contribution in [0.4, 0.5) is 5.95 Å². The van der Waals surface area contributed by atoms with E-state index in [0.717, 1.165) is 20.5 Å². The number of nitrogens with zero attached hydrogens (tertiary/aromatic N) is 5. The third-order valence-electron chi connectivity index (χ3n) is 5.33. The molecule has 0 spiro atoms. The minimum atomic E-state index is -0.611. The van der Waals surface area contributed by atoms with Gasteiger partial charge in [0, 0.05) is 15.3 Å². The Balaban J connectivity index is 1.54. The van der Waals surface area contributed by atoms with Crippen LogP contribution in [0, 0.1) is 5.92 Å². The van der Waals surface area contributed by atoms with Crippen LogP contribution in [-0.4, -0.2) is 31.9 Å². The molecule has 3 heterocycles. The average molecular weight is 417 g/mol. The zero-order chi connectivity index (χ0) is 20.7. The molecule has 4 aromatic rings. The standard InChI is InChI=1S/C22H19N5O2S/c1-13-19(21(28)29-14(2)15-8-4-3-5-9-15)20(27-22(23-13)24-25-26-27)18-12-16-10-6-7-11-17(16)30-18/h3-12,14,19-20H,1-2H3. The van der Waals surface area contributed by atoms with Gasteiger partial charge in [-0.2, -0.15) is 0 Å². The predicted molar refractivity (Wildman–Crippen MR) is 115 cm³/mol. The smallest absolute Gasteiger partial charge is 0.317 e. The molecule has 3 unspecified atom stereocenters. The van der Waals surface area contributed by atoms with E-state index in [4.69, 9.17) is 4.74 Å². The molecule has 150 valence electrons. The third-order valence-corrected chi connectivity index (χ3v) is 6.52. The van der Waals surface area contributed by atoms with Gasteiger partial charge in [-0.05, 0) is 47.4 Å². The fourth-order valence-corrected chi connectivity index (χ4v) is 5.00. The SMILES string of the molecule is CC1=Nc2nnnn2C(c2cc3ccccc3s2)C1C(=O)OC(C)c1ccccc1. The molecule has 0 saturated carbocycles. The van der Waals surface area contributed by atoms with Crippen molar-refractivity contribution in [2.75, 3.05) is 0 Å². The molecule has 0 amide bonds. The van der Waals surface area contributed by atoms with Crippen molar-refractivity contribution in [1.82, 2.24) is 20.2 Å². The van der Waals surface area contributed by atoms with Gasteiger partial charge < -0.3 is 4.74 Å². The van der Waals surface area contributed by atoms with E-state index in [9.17, 15) is 4.79 Å². The van der Waals surface area contributed by atoms with E-state index in [1.54, 1.807) is 16.0 Å². The number of carbonyl (C=O) groups excluding carboxylic acids is 1. The fourth-order valence-electron chi connectivity index (χ4n) is 3.81. The molecule has 0 N–H and O–H groups in total. The Bertz CT molecular complexity index is 1210. The van der Waals surface area contributed by atoms with Crippen molar-refractivity contribution < 1.29 is 9.53 Å². The lowest BCUT2D eigenvalue weighted by molar-refractivity contribution is -0.152. The number of thiophene rings is 1. The summed E-state index contributed by atoms with van der Waals surface area (Å²) in [4.78, 5) is 18.8. The number of hydrogen-bond donors (Lipinski definition) is 0. The zero-order valence-corrected chi connectivity index (χ0v) is 17.3. The second-order valence-electron chi connectivity index (χ2n) is 7.28. The van der Waals surface area contributed by atoms with E-state index in [-0.39, 0.29) is 12.1 Å². The summed E-state index contributed by atoms with van der Waals surface area (Å²) in [5.41, 5.74) is 1.59. The number of hydrogen-bond acceptors (Lipinski definition) is 7. The summed E-state index contributed by atoms with van der Waals surface area (Å²) in [6.07, 6.45) is -0.371. The Hall–Kier alpha value is -3.39. The van der Waals surface area contributed by atoms with Gasteiger partial charge >= 0.3 is 5.97 Å². The third kappa shape index (κ3) is 3.19. The highest BCUT2D eigenvalue weighted by molar-refractivity contribution is 7.19. The first-order valence-corrected chi connectivity index (χ1v) is 10.5. The summed E-state index contributed by atoms with van der Waals surface area (Å²) in [7, 11) is 0. The molecule has 3 atom stereocenters. The molecular formula is C22H19N5O2S. The lowest BCUT2D eigenvalue weighted by atomic mass is 9.92. The quantitative estimate of drug-likeness (QED) is 0.457. The first kappa shape index (κ1) is 18.6. The summed E-state index contributed by atoms with van der Waals surface area (Å²) >= 11 is 1.63. The summed E-state index contributed by atoms with van der Waals surface area (Å²) < 4.78 is 8.63. The van der Waals surface area contributed by atoms with Crippen LogP contribution in [0.2, 0.25) is 0 Å². The lowest BCUT2D eigenvalue weighted by Gasteiger charge is -2.29. The highest BCUT2D eigenvalue weighted by atomic mass is 32.1. The Morgan fingerprint density at radius 1 is 1.13 bits per heavy atom. The van der Waals surface area contributed by atoms with Crippen molar-refractivity contribution in [3.8, 4) is 0 Å². The molecule has 8 heteroatoms. The van der Waals surface area contributed by atoms with Crippen molar-refractivity contribution in [2.45, 2.75) is 26.0 Å². The number of fused-ring (bicyclic) bond motifs is 2. The van der Waals surface area contributed by atoms with E-state index < -0.39 is 12.0 Å². The number of carbonyl (C=O) groups is 1. The van der Waals surface area contributed by atoms with Crippen LogP contribution in [0.5, 0.6) is 0 Å². The molecule has 0 fully saturated rings. The second-order valence-corrected chi connectivity index (χ2v) is 8.39. The van der Waals surface area contributed by atoms with E-state index in [2.05, 4.69) is 38.7 Å². The minimum Gasteiger partial charge on any atom is -0.457 e. The van der Waals surface area contributed by atoms with E-state index >= 15 is 0 Å². The number of rotatable bonds is 4. The van der Waals surface area contributed by atoms with Crippen LogP contribution in [0.15, 0.2) is 65.7 Å². The van der Waals surface area contributed by atoms with Crippen LogP contribution in [-0.2, 0) is 9.53 Å². The molecule has 7 nitrogen and oxygen atoms in total. The van der Waals surface area contributed by atoms with Crippen molar-refractivity contribution in [2.24, 2.45) is 10.9 Å². The van der Waals surface area contributed by atoms with Gasteiger partial charge in [0.1, 0.15) is 18.1 Å². The summed E-state index contributed by atoms with van der Waals surface area (Å²) in [6, 6.07) is 19.5. The van der Waals surface area contributed by atoms with Crippen molar-refractivity contribution in [3.63, 3.8) is 0 Å². The van der Waals surface area contributed by atoms with E-state index in [1.165, 1.54) is 0 Å². The highest BCUT2D eigenvalue weighted by Crippen LogP contribution is 2.40. The maximum Gasteiger partial charge on any atom is 0.317 e. The molecule has 0 saturated heterocycles. The van der Waals surface area contributed by atoms with Gasteiger partial charge in [0.05, 0.1) is 0 Å². The predicted octanol–water partition coefficient (Wildman–Crippen LogP) is 4.50. The summed E-state index contributed by atoms with van der Waals surface area (Å²) in [5.74, 6) is -0.549. The van der Waals surface area contributed by atoms with Gasteiger partial charge in [-0.15, -0.1) is 11.3 Å². The first-order valence-electron chi connectivity index (χ1n) is 9.69. The minimum absolute atomic E-state index is 0.337. The number of ether oxygens (including phenoxy) is 1. The van der Waals surface area contributed by atoms with Gasteiger partial charge in [-0.1, -0.05) is 53.6 Å². The highest BCUT2D eigenvalue weighted by Gasteiger charge is 2.41. The van der Waals surface area contributed by atoms with Crippen LogP contribution in [0.1, 0.15) is 36.4 Å². The number of esters is 1. The normalized spacial score (nSPS) is 19.2. The van der Waals surface area contributed by atoms with E-state index in [0.29, 0.717) is 11.7 Å². The fraction of sp³-hybridized carbons (Fsp3) is 0.227. The summed E-state index contributed by atoms with van der Waals surface area (Å²) in [5, 5.41) is 13.0. The van der Waals surface area contributed by atoms with Crippen LogP contribution in [0.3, 0.4) is 0 Å². The van der Waals surface area contributed by atoms with Crippen molar-refractivity contribution in [3.05, 3.63) is 71.1 Å². The van der Waals surface area contributed by atoms with Crippen LogP contribution >= 0.6 is 11.3 Å². The van der Waals surface area contributed by atoms with Gasteiger partial charge in [-0.25, -0.2) is 9.67 Å². The monoisotopic (exact) mass is 417 g/mol.